The number of amides is 1. The van der Waals surface area contributed by atoms with Crippen LogP contribution in [-0.2, 0) is 0 Å². The molecule has 2 aromatic carbocycles. The maximum atomic E-state index is 11.5. The maximum absolute atomic E-state index is 11.5. The van der Waals surface area contributed by atoms with Gasteiger partial charge >= 0.3 is 0 Å². The standard InChI is InChI=1S/C16H16N2O3S/c1-9-4-7-14(13(8-9)18(20)21)22-15-10(2)5-6-12(11(15)3)16(17)19/h4-8H,1-3H3,(H2,17,19). The third-order valence-corrected chi connectivity index (χ3v) is 4.79. The highest BCUT2D eigenvalue weighted by molar-refractivity contribution is 7.99. The molecule has 2 rings (SSSR count). The van der Waals surface area contributed by atoms with Crippen LogP contribution in [0.15, 0.2) is 40.1 Å². The summed E-state index contributed by atoms with van der Waals surface area (Å²) in [6.45, 7) is 5.52. The molecule has 0 saturated carbocycles. The smallest absolute Gasteiger partial charge is 0.283 e. The first kappa shape index (κ1) is 16.0. The number of hydrogen-bond donors (Lipinski definition) is 1. The molecule has 0 bridgehead atoms. The van der Waals surface area contributed by atoms with Crippen molar-refractivity contribution in [3.8, 4) is 0 Å². The summed E-state index contributed by atoms with van der Waals surface area (Å²) >= 11 is 1.29. The zero-order valence-corrected chi connectivity index (χ0v) is 13.4. The number of hydrogen-bond acceptors (Lipinski definition) is 4. The molecule has 0 aliphatic carbocycles. The average molecular weight is 316 g/mol. The van der Waals surface area contributed by atoms with E-state index in [0.29, 0.717) is 10.5 Å². The lowest BCUT2D eigenvalue weighted by molar-refractivity contribution is -0.387. The topological polar surface area (TPSA) is 86.2 Å². The van der Waals surface area contributed by atoms with E-state index in [4.69, 9.17) is 5.73 Å². The van der Waals surface area contributed by atoms with Crippen LogP contribution in [0.5, 0.6) is 0 Å². The highest BCUT2D eigenvalue weighted by Gasteiger charge is 2.18. The van der Waals surface area contributed by atoms with Crippen molar-refractivity contribution in [2.75, 3.05) is 0 Å². The number of nitro benzene ring substituents is 1. The molecule has 2 aromatic rings. The van der Waals surface area contributed by atoms with E-state index in [1.807, 2.05) is 19.9 Å². The minimum Gasteiger partial charge on any atom is -0.366 e. The van der Waals surface area contributed by atoms with Gasteiger partial charge in [-0.05, 0) is 49.6 Å². The molecule has 0 fully saturated rings. The van der Waals surface area contributed by atoms with Gasteiger partial charge in [-0.3, -0.25) is 14.9 Å². The third kappa shape index (κ3) is 3.12. The van der Waals surface area contributed by atoms with Gasteiger partial charge in [-0.15, -0.1) is 0 Å². The van der Waals surface area contributed by atoms with E-state index in [1.165, 1.54) is 11.8 Å². The van der Waals surface area contributed by atoms with Gasteiger partial charge in [0, 0.05) is 16.5 Å². The van der Waals surface area contributed by atoms with Crippen molar-refractivity contribution in [3.05, 3.63) is 62.7 Å². The first-order chi connectivity index (χ1) is 10.3. The number of carbonyl (C=O) groups is 1. The number of primary amides is 1. The number of nitrogens with zero attached hydrogens (tertiary/aromatic N) is 1. The normalized spacial score (nSPS) is 10.5. The second kappa shape index (κ2) is 6.19. The van der Waals surface area contributed by atoms with Crippen LogP contribution < -0.4 is 5.73 Å². The summed E-state index contributed by atoms with van der Waals surface area (Å²) in [7, 11) is 0. The Bertz CT molecular complexity index is 772. The molecule has 0 atom stereocenters. The Hall–Kier alpha value is -2.34. The van der Waals surface area contributed by atoms with Gasteiger partial charge in [-0.2, -0.15) is 0 Å². The van der Waals surface area contributed by atoms with Crippen molar-refractivity contribution >= 4 is 23.4 Å². The Balaban J connectivity index is 2.54. The Morgan fingerprint density at radius 2 is 1.86 bits per heavy atom. The second-order valence-electron chi connectivity index (χ2n) is 5.08. The predicted molar refractivity (Wildman–Crippen MR) is 86.4 cm³/mol. The van der Waals surface area contributed by atoms with Gasteiger partial charge < -0.3 is 5.73 Å². The van der Waals surface area contributed by atoms with Crippen LogP contribution in [0.4, 0.5) is 5.69 Å². The molecule has 6 heteroatoms. The van der Waals surface area contributed by atoms with E-state index in [9.17, 15) is 14.9 Å². The Kier molecular flexibility index (Phi) is 4.51. The monoisotopic (exact) mass is 316 g/mol. The molecule has 0 radical (unpaired) electrons. The number of benzene rings is 2. The van der Waals surface area contributed by atoms with Crippen molar-refractivity contribution in [2.24, 2.45) is 5.73 Å². The molecule has 5 nitrogen and oxygen atoms in total. The van der Waals surface area contributed by atoms with Crippen LogP contribution in [0, 0.1) is 30.9 Å². The molecule has 1 amide bonds. The number of carbonyl (C=O) groups excluding carboxylic acids is 1. The van der Waals surface area contributed by atoms with Crippen molar-refractivity contribution < 1.29 is 9.72 Å². The van der Waals surface area contributed by atoms with Crippen molar-refractivity contribution in [3.63, 3.8) is 0 Å². The van der Waals surface area contributed by atoms with Crippen LogP contribution in [0.1, 0.15) is 27.0 Å². The number of aryl methyl sites for hydroxylation is 2. The molecule has 0 aliphatic rings. The lowest BCUT2D eigenvalue weighted by Gasteiger charge is -2.12. The van der Waals surface area contributed by atoms with E-state index in [-0.39, 0.29) is 5.69 Å². The fourth-order valence-electron chi connectivity index (χ4n) is 2.22. The molecular weight excluding hydrogens is 300 g/mol. The fourth-order valence-corrected chi connectivity index (χ4v) is 3.30. The highest BCUT2D eigenvalue weighted by atomic mass is 32.2. The molecule has 22 heavy (non-hydrogen) atoms. The largest absolute Gasteiger partial charge is 0.366 e. The second-order valence-corrected chi connectivity index (χ2v) is 6.13. The quantitative estimate of drug-likeness (QED) is 0.687. The molecule has 0 aromatic heterocycles. The van der Waals surface area contributed by atoms with E-state index < -0.39 is 10.8 Å². The lowest BCUT2D eigenvalue weighted by atomic mass is 10.1. The van der Waals surface area contributed by atoms with Gasteiger partial charge in [-0.25, -0.2) is 0 Å². The molecule has 114 valence electrons. The average Bonchev–Trinajstić information content (AvgIpc) is 2.44. The van der Waals surface area contributed by atoms with Crippen LogP contribution >= 0.6 is 11.8 Å². The summed E-state index contributed by atoms with van der Waals surface area (Å²) < 4.78 is 0. The van der Waals surface area contributed by atoms with Crippen LogP contribution in [0.3, 0.4) is 0 Å². The van der Waals surface area contributed by atoms with Crippen molar-refractivity contribution in [2.45, 2.75) is 30.6 Å². The van der Waals surface area contributed by atoms with Gasteiger partial charge in [0.1, 0.15) is 0 Å². The van der Waals surface area contributed by atoms with Crippen LogP contribution in [0.2, 0.25) is 0 Å². The Morgan fingerprint density at radius 1 is 1.18 bits per heavy atom. The molecule has 0 aliphatic heterocycles. The maximum Gasteiger partial charge on any atom is 0.283 e. The molecule has 0 spiro atoms. The predicted octanol–water partition coefficient (Wildman–Crippen LogP) is 3.77. The fraction of sp³-hybridized carbons (Fsp3) is 0.188. The Labute approximate surface area is 132 Å². The first-order valence-electron chi connectivity index (χ1n) is 6.64. The Morgan fingerprint density at radius 3 is 2.45 bits per heavy atom. The third-order valence-electron chi connectivity index (χ3n) is 3.39. The summed E-state index contributed by atoms with van der Waals surface area (Å²) in [4.78, 5) is 23.7. The molecular formula is C16H16N2O3S. The van der Waals surface area contributed by atoms with E-state index >= 15 is 0 Å². The molecule has 0 unspecified atom stereocenters. The van der Waals surface area contributed by atoms with Crippen molar-refractivity contribution in [1.29, 1.82) is 0 Å². The van der Waals surface area contributed by atoms with E-state index in [1.54, 1.807) is 31.2 Å². The highest BCUT2D eigenvalue weighted by Crippen LogP contribution is 2.39. The van der Waals surface area contributed by atoms with E-state index in [0.717, 1.165) is 21.6 Å². The zero-order chi connectivity index (χ0) is 16.4. The van der Waals surface area contributed by atoms with Crippen molar-refractivity contribution in [1.82, 2.24) is 0 Å². The number of rotatable bonds is 4. The summed E-state index contributed by atoms with van der Waals surface area (Å²) in [6, 6.07) is 8.59. The zero-order valence-electron chi connectivity index (χ0n) is 12.5. The first-order valence-corrected chi connectivity index (χ1v) is 7.46. The summed E-state index contributed by atoms with van der Waals surface area (Å²) in [5.41, 5.74) is 8.38. The lowest BCUT2D eigenvalue weighted by Crippen LogP contribution is -2.13. The van der Waals surface area contributed by atoms with Gasteiger partial charge in [0.05, 0.1) is 9.82 Å². The van der Waals surface area contributed by atoms with Crippen LogP contribution in [-0.4, -0.2) is 10.8 Å². The summed E-state index contributed by atoms with van der Waals surface area (Å²) in [5, 5.41) is 11.2. The van der Waals surface area contributed by atoms with Gasteiger partial charge in [0.25, 0.3) is 5.69 Å². The molecule has 2 N–H and O–H groups in total. The minimum atomic E-state index is -0.502. The molecule has 0 saturated heterocycles. The van der Waals surface area contributed by atoms with Gasteiger partial charge in [-0.1, -0.05) is 23.9 Å². The van der Waals surface area contributed by atoms with Crippen LogP contribution in [0.25, 0.3) is 0 Å². The number of nitrogens with two attached hydrogens (primary N) is 1. The molecule has 0 heterocycles. The SMILES string of the molecule is Cc1ccc(Sc2c(C)ccc(C(N)=O)c2C)c([N+](=O)[O-])c1. The van der Waals surface area contributed by atoms with E-state index in [2.05, 4.69) is 0 Å². The van der Waals surface area contributed by atoms with Gasteiger partial charge in [0.2, 0.25) is 5.91 Å². The number of nitro groups is 1. The summed E-state index contributed by atoms with van der Waals surface area (Å²) in [5.74, 6) is -0.502. The van der Waals surface area contributed by atoms with Gasteiger partial charge in [0.15, 0.2) is 0 Å². The summed E-state index contributed by atoms with van der Waals surface area (Å²) in [6.07, 6.45) is 0. The minimum absolute atomic E-state index is 0.0632.